The molecule has 0 aromatic carbocycles. The van der Waals surface area contributed by atoms with Gasteiger partial charge in [0.15, 0.2) is 0 Å². The van der Waals surface area contributed by atoms with Gasteiger partial charge < -0.3 is 10.1 Å². The minimum atomic E-state index is 0.0161. The van der Waals surface area contributed by atoms with E-state index in [1.165, 1.54) is 12.3 Å². The molecule has 0 saturated heterocycles. The molecule has 5 nitrogen and oxygen atoms in total. The lowest BCUT2D eigenvalue weighted by Gasteiger charge is -2.05. The van der Waals surface area contributed by atoms with Gasteiger partial charge in [-0.15, -0.1) is 0 Å². The Morgan fingerprint density at radius 1 is 1.44 bits per heavy atom. The Morgan fingerprint density at radius 3 is 3.06 bits per heavy atom. The van der Waals surface area contributed by atoms with E-state index < -0.39 is 0 Å². The molecule has 1 aromatic rings. The number of nitrogens with one attached hydrogen (secondary N) is 1. The predicted molar refractivity (Wildman–Crippen MR) is 62.5 cm³/mol. The second kappa shape index (κ2) is 8.01. The van der Waals surface area contributed by atoms with Crippen molar-refractivity contribution in [3.8, 4) is 0 Å². The molecule has 1 aromatic heterocycles. The standard InChI is InChI=1S/C11H19N3O2/c1-16-9-7-12-5-2-3-8-14-10-13-6-4-11(14)15/h4,6,10,12H,2-3,5,7-9H2,1H3. The zero-order valence-electron chi connectivity index (χ0n) is 9.69. The van der Waals surface area contributed by atoms with Crippen molar-refractivity contribution in [3.63, 3.8) is 0 Å². The molecule has 0 fully saturated rings. The third-order valence-electron chi connectivity index (χ3n) is 2.28. The zero-order chi connectivity index (χ0) is 11.6. The van der Waals surface area contributed by atoms with Gasteiger partial charge in [-0.3, -0.25) is 9.36 Å². The fourth-order valence-electron chi connectivity index (χ4n) is 1.38. The number of unbranched alkanes of at least 4 members (excludes halogenated alkanes) is 1. The molecule has 0 aliphatic heterocycles. The van der Waals surface area contributed by atoms with Crippen LogP contribution in [-0.4, -0.2) is 36.4 Å². The Bertz CT molecular complexity index is 338. The van der Waals surface area contributed by atoms with Crippen LogP contribution >= 0.6 is 0 Å². The van der Waals surface area contributed by atoms with Gasteiger partial charge in [-0.25, -0.2) is 4.98 Å². The van der Waals surface area contributed by atoms with Crippen LogP contribution in [0.1, 0.15) is 12.8 Å². The summed E-state index contributed by atoms with van der Waals surface area (Å²) in [6.07, 6.45) is 5.13. The van der Waals surface area contributed by atoms with E-state index in [4.69, 9.17) is 4.74 Å². The van der Waals surface area contributed by atoms with Crippen molar-refractivity contribution in [2.75, 3.05) is 26.8 Å². The maximum atomic E-state index is 11.3. The van der Waals surface area contributed by atoms with Crippen LogP contribution in [-0.2, 0) is 11.3 Å². The Morgan fingerprint density at radius 2 is 2.31 bits per heavy atom. The van der Waals surface area contributed by atoms with Gasteiger partial charge in [-0.05, 0) is 19.4 Å². The van der Waals surface area contributed by atoms with Crippen molar-refractivity contribution in [1.29, 1.82) is 0 Å². The monoisotopic (exact) mass is 225 g/mol. The van der Waals surface area contributed by atoms with Gasteiger partial charge in [0.2, 0.25) is 0 Å². The molecule has 1 N–H and O–H groups in total. The first-order valence-electron chi connectivity index (χ1n) is 5.54. The molecule has 0 unspecified atom stereocenters. The van der Waals surface area contributed by atoms with Crippen LogP contribution in [0.2, 0.25) is 0 Å². The number of hydrogen-bond acceptors (Lipinski definition) is 4. The molecule has 1 rings (SSSR count). The predicted octanol–water partition coefficient (Wildman–Crippen LogP) is 0.259. The van der Waals surface area contributed by atoms with Crippen molar-refractivity contribution in [2.45, 2.75) is 19.4 Å². The third kappa shape index (κ3) is 5.04. The highest BCUT2D eigenvalue weighted by Gasteiger charge is 1.94. The SMILES string of the molecule is COCCNCCCCn1cnccc1=O. The van der Waals surface area contributed by atoms with E-state index in [0.717, 1.165) is 39.1 Å². The summed E-state index contributed by atoms with van der Waals surface area (Å²) in [5, 5.41) is 3.26. The number of ether oxygens (including phenoxy) is 1. The van der Waals surface area contributed by atoms with Crippen molar-refractivity contribution in [3.05, 3.63) is 28.9 Å². The largest absolute Gasteiger partial charge is 0.383 e. The summed E-state index contributed by atoms with van der Waals surface area (Å²) in [7, 11) is 1.69. The average molecular weight is 225 g/mol. The van der Waals surface area contributed by atoms with Gasteiger partial charge in [0.25, 0.3) is 5.56 Å². The van der Waals surface area contributed by atoms with Crippen LogP contribution in [0.3, 0.4) is 0 Å². The van der Waals surface area contributed by atoms with Crippen molar-refractivity contribution in [2.24, 2.45) is 0 Å². The summed E-state index contributed by atoms with van der Waals surface area (Å²) in [5.41, 5.74) is 0.0161. The van der Waals surface area contributed by atoms with E-state index in [1.807, 2.05) is 0 Å². The maximum Gasteiger partial charge on any atom is 0.253 e. The smallest absolute Gasteiger partial charge is 0.253 e. The Hall–Kier alpha value is -1.20. The molecule has 0 saturated carbocycles. The summed E-state index contributed by atoms with van der Waals surface area (Å²) in [4.78, 5) is 15.2. The molecule has 16 heavy (non-hydrogen) atoms. The van der Waals surface area contributed by atoms with Gasteiger partial charge in [-0.1, -0.05) is 0 Å². The lowest BCUT2D eigenvalue weighted by atomic mass is 10.3. The fourth-order valence-corrected chi connectivity index (χ4v) is 1.38. The third-order valence-corrected chi connectivity index (χ3v) is 2.28. The lowest BCUT2D eigenvalue weighted by Crippen LogP contribution is -2.22. The van der Waals surface area contributed by atoms with Gasteiger partial charge >= 0.3 is 0 Å². The number of aromatic nitrogens is 2. The average Bonchev–Trinajstić information content (AvgIpc) is 2.30. The molecule has 0 bridgehead atoms. The molecule has 0 aliphatic carbocycles. The van der Waals surface area contributed by atoms with E-state index in [9.17, 15) is 4.79 Å². The summed E-state index contributed by atoms with van der Waals surface area (Å²) in [5.74, 6) is 0. The minimum absolute atomic E-state index is 0.0161. The fraction of sp³-hybridized carbons (Fsp3) is 0.636. The summed E-state index contributed by atoms with van der Waals surface area (Å²) < 4.78 is 6.55. The topological polar surface area (TPSA) is 56.1 Å². The number of methoxy groups -OCH3 is 1. The van der Waals surface area contributed by atoms with E-state index >= 15 is 0 Å². The van der Waals surface area contributed by atoms with Crippen molar-refractivity contribution < 1.29 is 4.74 Å². The molecule has 1 heterocycles. The molecule has 90 valence electrons. The second-order valence-corrected chi connectivity index (χ2v) is 3.56. The lowest BCUT2D eigenvalue weighted by molar-refractivity contribution is 0.199. The first-order valence-corrected chi connectivity index (χ1v) is 5.54. The van der Waals surface area contributed by atoms with Gasteiger partial charge in [-0.2, -0.15) is 0 Å². The number of rotatable bonds is 8. The van der Waals surface area contributed by atoms with E-state index in [0.29, 0.717) is 0 Å². The van der Waals surface area contributed by atoms with Gasteiger partial charge in [0.1, 0.15) is 0 Å². The van der Waals surface area contributed by atoms with Crippen LogP contribution in [0, 0.1) is 0 Å². The number of nitrogens with zero attached hydrogens (tertiary/aromatic N) is 2. The molecule has 5 heteroatoms. The minimum Gasteiger partial charge on any atom is -0.383 e. The Kier molecular flexibility index (Phi) is 6.44. The zero-order valence-corrected chi connectivity index (χ0v) is 9.69. The number of hydrogen-bond donors (Lipinski definition) is 1. The number of aryl methyl sites for hydroxylation is 1. The first-order chi connectivity index (χ1) is 7.84. The second-order valence-electron chi connectivity index (χ2n) is 3.56. The van der Waals surface area contributed by atoms with Crippen LogP contribution in [0.15, 0.2) is 23.4 Å². The van der Waals surface area contributed by atoms with Crippen LogP contribution in [0.25, 0.3) is 0 Å². The van der Waals surface area contributed by atoms with Gasteiger partial charge in [0, 0.05) is 32.5 Å². The molecule has 0 amide bonds. The molecular formula is C11H19N3O2. The van der Waals surface area contributed by atoms with Crippen molar-refractivity contribution >= 4 is 0 Å². The highest BCUT2D eigenvalue weighted by atomic mass is 16.5. The van der Waals surface area contributed by atoms with Crippen LogP contribution in [0.5, 0.6) is 0 Å². The van der Waals surface area contributed by atoms with E-state index in [2.05, 4.69) is 10.3 Å². The summed E-state index contributed by atoms with van der Waals surface area (Å²) in [6.45, 7) is 3.31. The summed E-state index contributed by atoms with van der Waals surface area (Å²) in [6, 6.07) is 1.48. The highest BCUT2D eigenvalue weighted by Crippen LogP contribution is 1.90. The van der Waals surface area contributed by atoms with Crippen LogP contribution < -0.4 is 10.9 Å². The van der Waals surface area contributed by atoms with Crippen molar-refractivity contribution in [1.82, 2.24) is 14.9 Å². The maximum absolute atomic E-state index is 11.3. The quantitative estimate of drug-likeness (QED) is 0.645. The summed E-state index contributed by atoms with van der Waals surface area (Å²) >= 11 is 0. The molecular weight excluding hydrogens is 206 g/mol. The van der Waals surface area contributed by atoms with Gasteiger partial charge in [0.05, 0.1) is 12.9 Å². The molecule has 0 atom stereocenters. The van der Waals surface area contributed by atoms with E-state index in [-0.39, 0.29) is 5.56 Å². The van der Waals surface area contributed by atoms with Crippen LogP contribution in [0.4, 0.5) is 0 Å². The Labute approximate surface area is 95.5 Å². The first kappa shape index (κ1) is 12.9. The molecule has 0 radical (unpaired) electrons. The Balaban J connectivity index is 2.08. The normalized spacial score (nSPS) is 10.6. The van der Waals surface area contributed by atoms with E-state index in [1.54, 1.807) is 18.0 Å². The highest BCUT2D eigenvalue weighted by molar-refractivity contribution is 4.81. The molecule has 0 aliphatic rings. The molecule has 0 spiro atoms.